The molecule has 0 aromatic carbocycles. The number of aliphatic hydroxyl groups is 1. The molecule has 0 spiro atoms. The Morgan fingerprint density at radius 3 is 0.908 bits per heavy atom. The third-order valence-corrected chi connectivity index (χ3v) is 20.0. The first kappa shape index (κ1) is 95.5. The summed E-state index contributed by atoms with van der Waals surface area (Å²) in [7, 11) is -9.93. The molecule has 19 heteroatoms. The molecule has 0 saturated carbocycles. The van der Waals surface area contributed by atoms with E-state index in [9.17, 15) is 43.2 Å². The number of ether oxygens (including phenoxy) is 4. The normalized spacial score (nSPS) is 14.4. The molecule has 578 valence electrons. The molecule has 98 heavy (non-hydrogen) atoms. The molecule has 0 saturated heterocycles. The van der Waals surface area contributed by atoms with Gasteiger partial charge in [0.1, 0.15) is 19.3 Å². The van der Waals surface area contributed by atoms with Gasteiger partial charge in [-0.2, -0.15) is 0 Å². The van der Waals surface area contributed by atoms with Gasteiger partial charge < -0.3 is 33.8 Å². The van der Waals surface area contributed by atoms with Crippen LogP contribution in [0.25, 0.3) is 0 Å². The smallest absolute Gasteiger partial charge is 0.462 e. The van der Waals surface area contributed by atoms with Crippen LogP contribution in [-0.4, -0.2) is 96.7 Å². The Balaban J connectivity index is 5.24. The number of hydrogen-bond donors (Lipinski definition) is 3. The lowest BCUT2D eigenvalue weighted by Gasteiger charge is -2.21. The predicted molar refractivity (Wildman–Crippen MR) is 400 cm³/mol. The van der Waals surface area contributed by atoms with Gasteiger partial charge in [0.05, 0.1) is 26.4 Å². The molecule has 3 unspecified atom stereocenters. The zero-order chi connectivity index (χ0) is 72.3. The van der Waals surface area contributed by atoms with Gasteiger partial charge in [-0.3, -0.25) is 37.3 Å². The molecule has 0 aromatic rings. The Morgan fingerprint density at radius 1 is 0.337 bits per heavy atom. The number of carbonyl (C=O) groups excluding carboxylic acids is 4. The van der Waals surface area contributed by atoms with E-state index >= 15 is 0 Å². The summed E-state index contributed by atoms with van der Waals surface area (Å²) in [6, 6.07) is 0. The van der Waals surface area contributed by atoms with Crippen molar-refractivity contribution in [1.82, 2.24) is 0 Å². The van der Waals surface area contributed by atoms with Crippen LogP contribution in [-0.2, 0) is 65.4 Å². The highest BCUT2D eigenvalue weighted by molar-refractivity contribution is 7.47. The van der Waals surface area contributed by atoms with Gasteiger partial charge in [-0.1, -0.05) is 330 Å². The number of unbranched alkanes of at least 4 members (excludes halogenated alkanes) is 39. The van der Waals surface area contributed by atoms with Crippen LogP contribution in [0.5, 0.6) is 0 Å². The highest BCUT2D eigenvalue weighted by Crippen LogP contribution is 2.45. The number of allylic oxidation sites excluding steroid dienone is 4. The molecular weight excluding hydrogens is 1280 g/mol. The van der Waals surface area contributed by atoms with Crippen molar-refractivity contribution in [2.75, 3.05) is 39.6 Å². The molecule has 0 bridgehead atoms. The maximum absolute atomic E-state index is 13.1. The van der Waals surface area contributed by atoms with Crippen LogP contribution in [0.1, 0.15) is 382 Å². The summed E-state index contributed by atoms with van der Waals surface area (Å²) in [6.45, 7) is 11.8. The zero-order valence-corrected chi connectivity index (χ0v) is 65.5. The van der Waals surface area contributed by atoms with Gasteiger partial charge in [0.15, 0.2) is 12.2 Å². The summed E-state index contributed by atoms with van der Waals surface area (Å²) in [5.74, 6) is 0.142. The Kier molecular flexibility index (Phi) is 67.2. The Bertz CT molecular complexity index is 2000. The highest BCUT2D eigenvalue weighted by atomic mass is 31.2. The topological polar surface area (TPSA) is 237 Å². The van der Waals surface area contributed by atoms with E-state index in [1.54, 1.807) is 0 Å². The van der Waals surface area contributed by atoms with E-state index in [0.717, 1.165) is 127 Å². The first-order valence-electron chi connectivity index (χ1n) is 40.2. The molecule has 0 aliphatic heterocycles. The lowest BCUT2D eigenvalue weighted by atomic mass is 10.00. The van der Waals surface area contributed by atoms with Gasteiger partial charge in [0.2, 0.25) is 0 Å². The lowest BCUT2D eigenvalue weighted by Crippen LogP contribution is -2.30. The van der Waals surface area contributed by atoms with Crippen LogP contribution in [0.3, 0.4) is 0 Å². The minimum absolute atomic E-state index is 0.0839. The SMILES string of the molecule is CCCCCC/C=C\C=C/CCCCCCCC(=O)O[C@H](COC(=O)CCCCCCCCC(C)CC)COP(=O)(O)OC[C@H](O)COP(=O)(O)OC[C@@H](COC(=O)CCCCCCCCCCCC(C)C)OC(=O)CCCCCCCCCCCCCCCCCCCCC(C)C. The molecule has 0 radical (unpaired) electrons. The third-order valence-electron chi connectivity index (χ3n) is 18.1. The average molecular weight is 1430 g/mol. The van der Waals surface area contributed by atoms with Gasteiger partial charge in [-0.15, -0.1) is 0 Å². The van der Waals surface area contributed by atoms with E-state index in [1.165, 1.54) is 173 Å². The monoisotopic (exact) mass is 1430 g/mol. The molecule has 0 fully saturated rings. The summed E-state index contributed by atoms with van der Waals surface area (Å²) < 4.78 is 68.5. The van der Waals surface area contributed by atoms with Crippen molar-refractivity contribution < 1.29 is 80.2 Å². The fourth-order valence-corrected chi connectivity index (χ4v) is 13.1. The van der Waals surface area contributed by atoms with Crippen LogP contribution in [0, 0.1) is 17.8 Å². The van der Waals surface area contributed by atoms with Crippen molar-refractivity contribution in [3.63, 3.8) is 0 Å². The van der Waals surface area contributed by atoms with Crippen LogP contribution in [0.15, 0.2) is 24.3 Å². The van der Waals surface area contributed by atoms with Crippen molar-refractivity contribution >= 4 is 39.5 Å². The number of carbonyl (C=O) groups is 4. The quantitative estimate of drug-likeness (QED) is 0.0169. The number of esters is 4. The van der Waals surface area contributed by atoms with Gasteiger partial charge in [0, 0.05) is 25.7 Å². The summed E-state index contributed by atoms with van der Waals surface area (Å²) in [6.07, 6.45) is 59.2. The van der Waals surface area contributed by atoms with Crippen molar-refractivity contribution in [1.29, 1.82) is 0 Å². The molecule has 0 aliphatic rings. The number of phosphoric ester groups is 2. The molecule has 0 aliphatic carbocycles. The minimum atomic E-state index is -4.97. The van der Waals surface area contributed by atoms with Crippen LogP contribution in [0.2, 0.25) is 0 Å². The second kappa shape index (κ2) is 68.9. The van der Waals surface area contributed by atoms with Crippen molar-refractivity contribution in [2.45, 2.75) is 401 Å². The number of aliphatic hydroxyl groups excluding tert-OH is 1. The average Bonchev–Trinajstić information content (AvgIpc) is 0.983. The maximum atomic E-state index is 13.1. The standard InChI is InChI=1S/C79H150O17P2/c1-8-10-11-12-13-14-15-16-21-25-28-33-39-48-55-63-79(84)96-75(67-90-77(82)61-54-47-42-41-45-52-59-72(7)9-2)69-94-98(87,88)92-65-73(80)64-91-97(85,86)93-68-74(66-89-76(81)60-53-46-38-35-30-32-37-44-51-58-71(5)6)95-78(83)62-56-49-40-34-29-26-23-20-18-17-19-22-24-27-31-36-43-50-57-70(3)4/h14-16,21,70-75,80H,8-13,17-20,22-69H2,1-7H3,(H,85,86)(H,87,88)/b15-14-,21-16-/t72?,73-,74-,75-/m1/s1. The fraction of sp³-hybridized carbons (Fsp3) is 0.899. The second-order valence-corrected chi connectivity index (χ2v) is 31.9. The van der Waals surface area contributed by atoms with Crippen molar-refractivity contribution in [2.24, 2.45) is 17.8 Å². The minimum Gasteiger partial charge on any atom is -0.462 e. The molecule has 0 rings (SSSR count). The largest absolute Gasteiger partial charge is 0.472 e. The number of hydrogen-bond acceptors (Lipinski definition) is 15. The van der Waals surface area contributed by atoms with Crippen LogP contribution in [0.4, 0.5) is 0 Å². The van der Waals surface area contributed by atoms with Crippen LogP contribution < -0.4 is 0 Å². The first-order valence-corrected chi connectivity index (χ1v) is 43.2. The summed E-state index contributed by atoms with van der Waals surface area (Å²) in [4.78, 5) is 72.9. The number of phosphoric acid groups is 2. The molecule has 0 heterocycles. The Morgan fingerprint density at radius 2 is 0.602 bits per heavy atom. The lowest BCUT2D eigenvalue weighted by molar-refractivity contribution is -0.161. The molecule has 0 amide bonds. The molecule has 6 atom stereocenters. The number of rotatable bonds is 75. The summed E-state index contributed by atoms with van der Waals surface area (Å²) in [5.41, 5.74) is 0. The second-order valence-electron chi connectivity index (χ2n) is 29.0. The van der Waals surface area contributed by atoms with Crippen molar-refractivity contribution in [3.05, 3.63) is 24.3 Å². The van der Waals surface area contributed by atoms with E-state index in [0.29, 0.717) is 25.7 Å². The first-order chi connectivity index (χ1) is 47.3. The zero-order valence-electron chi connectivity index (χ0n) is 63.7. The highest BCUT2D eigenvalue weighted by Gasteiger charge is 2.30. The predicted octanol–water partition coefficient (Wildman–Crippen LogP) is 22.9. The van der Waals surface area contributed by atoms with E-state index in [-0.39, 0.29) is 25.7 Å². The van der Waals surface area contributed by atoms with Gasteiger partial charge in [-0.25, -0.2) is 9.13 Å². The van der Waals surface area contributed by atoms with E-state index in [1.807, 2.05) is 0 Å². The molecule has 0 aromatic heterocycles. The van der Waals surface area contributed by atoms with E-state index < -0.39 is 97.5 Å². The maximum Gasteiger partial charge on any atom is 0.472 e. The van der Waals surface area contributed by atoms with Crippen LogP contribution >= 0.6 is 15.6 Å². The summed E-state index contributed by atoms with van der Waals surface area (Å²) >= 11 is 0. The van der Waals surface area contributed by atoms with Crippen molar-refractivity contribution in [3.8, 4) is 0 Å². The van der Waals surface area contributed by atoms with E-state index in [4.69, 9.17) is 37.0 Å². The van der Waals surface area contributed by atoms with Gasteiger partial charge in [-0.05, 0) is 69.1 Å². The Hall–Kier alpha value is -2.46. The molecule has 17 nitrogen and oxygen atoms in total. The van der Waals surface area contributed by atoms with Gasteiger partial charge >= 0.3 is 39.5 Å². The van der Waals surface area contributed by atoms with E-state index in [2.05, 4.69) is 72.8 Å². The fourth-order valence-electron chi connectivity index (χ4n) is 11.6. The van der Waals surface area contributed by atoms with Gasteiger partial charge in [0.25, 0.3) is 0 Å². The molecule has 3 N–H and O–H groups in total. The summed E-state index contributed by atoms with van der Waals surface area (Å²) in [5, 5.41) is 10.6. The third kappa shape index (κ3) is 70.6. The molecular formula is C79H150O17P2. The Labute approximate surface area is 599 Å².